The molecule has 0 saturated carbocycles. The number of carbonyl (C=O) groups excluding carboxylic acids is 2. The van der Waals surface area contributed by atoms with E-state index in [-0.39, 0.29) is 31.0 Å². The SMILES string of the molecule is CC(C)CN(CC(=O)O)C(=O)NCC(=O)NC(C)C. The molecule has 7 nitrogen and oxygen atoms in total. The molecule has 0 aromatic rings. The van der Waals surface area contributed by atoms with Gasteiger partial charge >= 0.3 is 12.0 Å². The summed E-state index contributed by atoms with van der Waals surface area (Å²) in [5.74, 6) is -1.24. The minimum absolute atomic E-state index is 0.00445. The second-order valence-corrected chi connectivity index (χ2v) is 5.05. The maximum absolute atomic E-state index is 11.8. The van der Waals surface area contributed by atoms with Crippen LogP contribution in [0, 0.1) is 5.92 Å². The predicted molar refractivity (Wildman–Crippen MR) is 70.7 cm³/mol. The van der Waals surface area contributed by atoms with E-state index in [0.29, 0.717) is 6.54 Å². The monoisotopic (exact) mass is 273 g/mol. The molecule has 0 rings (SSSR count). The van der Waals surface area contributed by atoms with Crippen LogP contribution >= 0.6 is 0 Å². The van der Waals surface area contributed by atoms with Gasteiger partial charge in [0.25, 0.3) is 0 Å². The van der Waals surface area contributed by atoms with E-state index in [0.717, 1.165) is 0 Å². The Hall–Kier alpha value is -1.79. The Morgan fingerprint density at radius 1 is 1.16 bits per heavy atom. The zero-order chi connectivity index (χ0) is 15.0. The molecular formula is C12H23N3O4. The lowest BCUT2D eigenvalue weighted by Gasteiger charge is -2.23. The Morgan fingerprint density at radius 3 is 2.16 bits per heavy atom. The molecule has 19 heavy (non-hydrogen) atoms. The molecule has 3 amide bonds. The standard InChI is InChI=1S/C12H23N3O4/c1-8(2)6-15(7-11(17)18)12(19)13-5-10(16)14-9(3)4/h8-9H,5-7H2,1-4H3,(H,13,19)(H,14,16)(H,17,18). The molecule has 0 bridgehead atoms. The van der Waals surface area contributed by atoms with Crippen LogP contribution in [-0.2, 0) is 9.59 Å². The zero-order valence-electron chi connectivity index (χ0n) is 11.9. The molecule has 110 valence electrons. The summed E-state index contributed by atoms with van der Waals surface area (Å²) in [5.41, 5.74) is 0. The molecule has 0 aromatic heterocycles. The van der Waals surface area contributed by atoms with Crippen molar-refractivity contribution in [3.05, 3.63) is 0 Å². The van der Waals surface area contributed by atoms with Gasteiger partial charge in [0, 0.05) is 12.6 Å². The lowest BCUT2D eigenvalue weighted by atomic mass is 10.2. The predicted octanol–water partition coefficient (Wildman–Crippen LogP) is 0.263. The first-order valence-corrected chi connectivity index (χ1v) is 6.26. The molecule has 0 spiro atoms. The number of amides is 3. The van der Waals surface area contributed by atoms with Crippen molar-refractivity contribution in [2.24, 2.45) is 5.92 Å². The Morgan fingerprint density at radius 2 is 1.74 bits per heavy atom. The Kier molecular flexibility index (Phi) is 7.55. The van der Waals surface area contributed by atoms with Crippen LogP contribution in [0.3, 0.4) is 0 Å². The number of carboxylic acid groups (broad SMARTS) is 1. The van der Waals surface area contributed by atoms with Gasteiger partial charge in [-0.1, -0.05) is 13.8 Å². The van der Waals surface area contributed by atoms with E-state index in [4.69, 9.17) is 5.11 Å². The summed E-state index contributed by atoms with van der Waals surface area (Å²) in [7, 11) is 0. The summed E-state index contributed by atoms with van der Waals surface area (Å²) in [5, 5.41) is 13.8. The van der Waals surface area contributed by atoms with Crippen LogP contribution in [0.4, 0.5) is 4.79 Å². The fraction of sp³-hybridized carbons (Fsp3) is 0.750. The average molecular weight is 273 g/mol. The Labute approximate surface area is 113 Å². The highest BCUT2D eigenvalue weighted by atomic mass is 16.4. The van der Waals surface area contributed by atoms with Gasteiger partial charge in [0.05, 0.1) is 6.54 Å². The Bertz CT molecular complexity index is 329. The Balaban J connectivity index is 4.31. The molecule has 0 aliphatic carbocycles. The number of nitrogens with one attached hydrogen (secondary N) is 2. The van der Waals surface area contributed by atoms with Crippen LogP contribution in [0.2, 0.25) is 0 Å². The van der Waals surface area contributed by atoms with Crippen molar-refractivity contribution in [2.75, 3.05) is 19.6 Å². The lowest BCUT2D eigenvalue weighted by Crippen LogP contribution is -2.48. The zero-order valence-corrected chi connectivity index (χ0v) is 11.9. The topological polar surface area (TPSA) is 98.7 Å². The van der Waals surface area contributed by atoms with Gasteiger partial charge in [0.1, 0.15) is 6.54 Å². The highest BCUT2D eigenvalue weighted by Crippen LogP contribution is 1.99. The number of hydrogen-bond donors (Lipinski definition) is 3. The summed E-state index contributed by atoms with van der Waals surface area (Å²) >= 11 is 0. The van der Waals surface area contributed by atoms with Crippen molar-refractivity contribution in [1.82, 2.24) is 15.5 Å². The summed E-state index contributed by atoms with van der Waals surface area (Å²) in [4.78, 5) is 35.0. The molecule has 7 heteroatoms. The normalized spacial score (nSPS) is 10.4. The number of rotatable bonds is 7. The number of carboxylic acids is 1. The van der Waals surface area contributed by atoms with Gasteiger partial charge in [-0.25, -0.2) is 4.79 Å². The average Bonchev–Trinajstić information content (AvgIpc) is 2.22. The fourth-order valence-corrected chi connectivity index (χ4v) is 1.46. The molecule has 0 radical (unpaired) electrons. The molecule has 0 atom stereocenters. The molecule has 3 N–H and O–H groups in total. The van der Waals surface area contributed by atoms with Crippen molar-refractivity contribution < 1.29 is 19.5 Å². The third kappa shape index (κ3) is 8.87. The van der Waals surface area contributed by atoms with Crippen LogP contribution in [-0.4, -0.2) is 53.6 Å². The molecule has 0 fully saturated rings. The fourth-order valence-electron chi connectivity index (χ4n) is 1.46. The van der Waals surface area contributed by atoms with E-state index < -0.39 is 12.0 Å². The maximum atomic E-state index is 11.8. The third-order valence-electron chi connectivity index (χ3n) is 2.05. The molecule has 0 aromatic carbocycles. The first kappa shape index (κ1) is 17.2. The second-order valence-electron chi connectivity index (χ2n) is 5.05. The van der Waals surface area contributed by atoms with Gasteiger partial charge in [0.15, 0.2) is 0 Å². The molecule has 0 saturated heterocycles. The first-order chi connectivity index (χ1) is 8.72. The smallest absolute Gasteiger partial charge is 0.323 e. The van der Waals surface area contributed by atoms with E-state index in [1.54, 1.807) is 0 Å². The van der Waals surface area contributed by atoms with E-state index >= 15 is 0 Å². The third-order valence-corrected chi connectivity index (χ3v) is 2.05. The van der Waals surface area contributed by atoms with Crippen LogP contribution < -0.4 is 10.6 Å². The number of nitrogens with zero attached hydrogens (tertiary/aromatic N) is 1. The van der Waals surface area contributed by atoms with Gasteiger partial charge in [-0.3, -0.25) is 9.59 Å². The molecule has 0 aliphatic rings. The second kappa shape index (κ2) is 8.34. The lowest BCUT2D eigenvalue weighted by molar-refractivity contribution is -0.137. The van der Waals surface area contributed by atoms with Gasteiger partial charge in [-0.2, -0.15) is 0 Å². The summed E-state index contributed by atoms with van der Waals surface area (Å²) in [6.07, 6.45) is 0. The van der Waals surface area contributed by atoms with Crippen molar-refractivity contribution in [2.45, 2.75) is 33.7 Å². The molecule has 0 heterocycles. The van der Waals surface area contributed by atoms with E-state index in [2.05, 4.69) is 10.6 Å². The quantitative estimate of drug-likeness (QED) is 0.619. The largest absolute Gasteiger partial charge is 0.480 e. The molecule has 0 unspecified atom stereocenters. The molecule has 0 aliphatic heterocycles. The van der Waals surface area contributed by atoms with Crippen LogP contribution in [0.15, 0.2) is 0 Å². The van der Waals surface area contributed by atoms with Gasteiger partial charge in [-0.15, -0.1) is 0 Å². The van der Waals surface area contributed by atoms with Gasteiger partial charge in [-0.05, 0) is 19.8 Å². The number of hydrogen-bond acceptors (Lipinski definition) is 3. The van der Waals surface area contributed by atoms with Crippen LogP contribution in [0.5, 0.6) is 0 Å². The van der Waals surface area contributed by atoms with Crippen molar-refractivity contribution >= 4 is 17.9 Å². The van der Waals surface area contributed by atoms with Crippen molar-refractivity contribution in [3.63, 3.8) is 0 Å². The number of aliphatic carboxylic acids is 1. The summed E-state index contributed by atoms with van der Waals surface area (Å²) < 4.78 is 0. The van der Waals surface area contributed by atoms with Crippen molar-refractivity contribution in [3.8, 4) is 0 Å². The maximum Gasteiger partial charge on any atom is 0.323 e. The van der Waals surface area contributed by atoms with Crippen LogP contribution in [0.1, 0.15) is 27.7 Å². The first-order valence-electron chi connectivity index (χ1n) is 6.26. The minimum Gasteiger partial charge on any atom is -0.480 e. The van der Waals surface area contributed by atoms with E-state index in [1.165, 1.54) is 4.90 Å². The summed E-state index contributed by atoms with van der Waals surface area (Å²) in [6, 6.07) is -0.551. The minimum atomic E-state index is -1.08. The number of urea groups is 1. The van der Waals surface area contributed by atoms with E-state index in [9.17, 15) is 14.4 Å². The number of carbonyl (C=O) groups is 3. The van der Waals surface area contributed by atoms with Gasteiger partial charge in [0.2, 0.25) is 5.91 Å². The summed E-state index contributed by atoms with van der Waals surface area (Å²) in [6.45, 7) is 7.18. The highest BCUT2D eigenvalue weighted by molar-refractivity contribution is 5.85. The van der Waals surface area contributed by atoms with Crippen LogP contribution in [0.25, 0.3) is 0 Å². The molecular weight excluding hydrogens is 250 g/mol. The van der Waals surface area contributed by atoms with Crippen molar-refractivity contribution in [1.29, 1.82) is 0 Å². The van der Waals surface area contributed by atoms with Gasteiger partial charge < -0.3 is 20.6 Å². The highest BCUT2D eigenvalue weighted by Gasteiger charge is 2.18. The van der Waals surface area contributed by atoms with E-state index in [1.807, 2.05) is 27.7 Å².